The lowest BCUT2D eigenvalue weighted by atomic mass is 10.0. The van der Waals surface area contributed by atoms with E-state index in [4.69, 9.17) is 9.47 Å². The summed E-state index contributed by atoms with van der Waals surface area (Å²) in [5, 5.41) is 3.33. The zero-order chi connectivity index (χ0) is 13.1. The standard InChI is InChI=1S/C14H20FNO2/c1-9(2)13-7-16-8-14(18-13)10-4-5-12(17-3)11(15)6-10/h4-6,9,13-14,16H,7-8H2,1-3H3. The van der Waals surface area contributed by atoms with E-state index in [2.05, 4.69) is 19.2 Å². The van der Waals surface area contributed by atoms with Crippen LogP contribution in [0.2, 0.25) is 0 Å². The molecule has 1 aromatic carbocycles. The first-order chi connectivity index (χ1) is 8.61. The molecule has 1 saturated heterocycles. The van der Waals surface area contributed by atoms with Gasteiger partial charge in [-0.05, 0) is 23.6 Å². The summed E-state index contributed by atoms with van der Waals surface area (Å²) in [4.78, 5) is 0. The maximum Gasteiger partial charge on any atom is 0.165 e. The average Bonchev–Trinajstić information content (AvgIpc) is 2.38. The Bertz CT molecular complexity index is 409. The Balaban J connectivity index is 2.13. The molecule has 4 heteroatoms. The average molecular weight is 253 g/mol. The molecule has 0 aliphatic carbocycles. The van der Waals surface area contributed by atoms with E-state index in [-0.39, 0.29) is 23.8 Å². The summed E-state index contributed by atoms with van der Waals surface area (Å²) in [7, 11) is 1.46. The number of morpholine rings is 1. The van der Waals surface area contributed by atoms with Crippen LogP contribution in [0.3, 0.4) is 0 Å². The predicted molar refractivity (Wildman–Crippen MR) is 68.3 cm³/mol. The largest absolute Gasteiger partial charge is 0.494 e. The Kier molecular flexibility index (Phi) is 4.19. The van der Waals surface area contributed by atoms with Gasteiger partial charge in [0.2, 0.25) is 0 Å². The van der Waals surface area contributed by atoms with Crippen molar-refractivity contribution in [3.05, 3.63) is 29.6 Å². The number of hydrogen-bond acceptors (Lipinski definition) is 3. The molecule has 2 unspecified atom stereocenters. The zero-order valence-electron chi connectivity index (χ0n) is 11.1. The number of nitrogens with one attached hydrogen (secondary N) is 1. The van der Waals surface area contributed by atoms with Crippen molar-refractivity contribution in [1.29, 1.82) is 0 Å². The lowest BCUT2D eigenvalue weighted by Gasteiger charge is -2.33. The molecule has 1 aromatic rings. The number of rotatable bonds is 3. The van der Waals surface area contributed by atoms with Crippen molar-refractivity contribution in [1.82, 2.24) is 5.32 Å². The number of ether oxygens (including phenoxy) is 2. The first-order valence-electron chi connectivity index (χ1n) is 6.31. The van der Waals surface area contributed by atoms with E-state index < -0.39 is 0 Å². The van der Waals surface area contributed by atoms with Crippen LogP contribution in [0.1, 0.15) is 25.5 Å². The molecule has 100 valence electrons. The molecule has 0 aromatic heterocycles. The molecule has 0 radical (unpaired) electrons. The summed E-state index contributed by atoms with van der Waals surface area (Å²) >= 11 is 0. The predicted octanol–water partition coefficient (Wildman–Crippen LogP) is 2.52. The fourth-order valence-electron chi connectivity index (χ4n) is 2.14. The Morgan fingerprint density at radius 1 is 1.39 bits per heavy atom. The SMILES string of the molecule is COc1ccc(C2CNCC(C(C)C)O2)cc1F. The highest BCUT2D eigenvalue weighted by atomic mass is 19.1. The summed E-state index contributed by atoms with van der Waals surface area (Å²) in [6.07, 6.45) is 0.0838. The highest BCUT2D eigenvalue weighted by Crippen LogP contribution is 2.27. The van der Waals surface area contributed by atoms with E-state index in [1.165, 1.54) is 13.2 Å². The quantitative estimate of drug-likeness (QED) is 0.898. The van der Waals surface area contributed by atoms with Crippen molar-refractivity contribution >= 4 is 0 Å². The van der Waals surface area contributed by atoms with Crippen molar-refractivity contribution < 1.29 is 13.9 Å². The molecule has 3 nitrogen and oxygen atoms in total. The number of hydrogen-bond donors (Lipinski definition) is 1. The van der Waals surface area contributed by atoms with Crippen LogP contribution in [-0.4, -0.2) is 26.3 Å². The molecule has 2 atom stereocenters. The Hall–Kier alpha value is -1.13. The molecule has 1 N–H and O–H groups in total. The van der Waals surface area contributed by atoms with E-state index in [1.54, 1.807) is 6.07 Å². The van der Waals surface area contributed by atoms with E-state index in [0.29, 0.717) is 5.92 Å². The number of halogens is 1. The van der Waals surface area contributed by atoms with Crippen LogP contribution in [0, 0.1) is 11.7 Å². The second-order valence-electron chi connectivity index (χ2n) is 4.96. The van der Waals surface area contributed by atoms with E-state index in [9.17, 15) is 4.39 Å². The van der Waals surface area contributed by atoms with Gasteiger partial charge in [0.15, 0.2) is 11.6 Å². The van der Waals surface area contributed by atoms with Gasteiger partial charge in [-0.1, -0.05) is 19.9 Å². The molecule has 0 spiro atoms. The van der Waals surface area contributed by atoms with Crippen LogP contribution in [0.4, 0.5) is 4.39 Å². The lowest BCUT2D eigenvalue weighted by Crippen LogP contribution is -2.43. The minimum atomic E-state index is -0.342. The number of benzene rings is 1. The molecule has 0 bridgehead atoms. The van der Waals surface area contributed by atoms with Crippen molar-refractivity contribution in [3.8, 4) is 5.75 Å². The van der Waals surface area contributed by atoms with Crippen molar-refractivity contribution in [2.75, 3.05) is 20.2 Å². The third kappa shape index (κ3) is 2.82. The summed E-state index contributed by atoms with van der Waals surface area (Å²) in [5.41, 5.74) is 0.853. The summed E-state index contributed by atoms with van der Waals surface area (Å²) < 4.78 is 24.6. The van der Waals surface area contributed by atoms with Crippen LogP contribution in [0.25, 0.3) is 0 Å². The monoisotopic (exact) mass is 253 g/mol. The summed E-state index contributed by atoms with van der Waals surface area (Å²) in [6, 6.07) is 5.00. The molecule has 0 saturated carbocycles. The zero-order valence-corrected chi connectivity index (χ0v) is 11.1. The van der Waals surface area contributed by atoms with Gasteiger partial charge >= 0.3 is 0 Å². The Morgan fingerprint density at radius 2 is 2.17 bits per heavy atom. The fourth-order valence-corrected chi connectivity index (χ4v) is 2.14. The van der Waals surface area contributed by atoms with E-state index in [0.717, 1.165) is 18.7 Å². The van der Waals surface area contributed by atoms with Crippen LogP contribution in [-0.2, 0) is 4.74 Å². The van der Waals surface area contributed by atoms with Gasteiger partial charge in [-0.3, -0.25) is 0 Å². The second-order valence-corrected chi connectivity index (χ2v) is 4.96. The maximum absolute atomic E-state index is 13.7. The topological polar surface area (TPSA) is 30.5 Å². The van der Waals surface area contributed by atoms with E-state index in [1.807, 2.05) is 6.07 Å². The minimum Gasteiger partial charge on any atom is -0.494 e. The molecule has 1 heterocycles. The van der Waals surface area contributed by atoms with Crippen molar-refractivity contribution in [2.45, 2.75) is 26.1 Å². The third-order valence-corrected chi connectivity index (χ3v) is 3.31. The smallest absolute Gasteiger partial charge is 0.165 e. The molecule has 0 amide bonds. The molecular weight excluding hydrogens is 233 g/mol. The van der Waals surface area contributed by atoms with Gasteiger partial charge in [0.05, 0.1) is 19.3 Å². The molecule has 1 fully saturated rings. The van der Waals surface area contributed by atoms with Gasteiger partial charge in [-0.2, -0.15) is 0 Å². The summed E-state index contributed by atoms with van der Waals surface area (Å²) in [6.45, 7) is 5.83. The highest BCUT2D eigenvalue weighted by Gasteiger charge is 2.25. The fraction of sp³-hybridized carbons (Fsp3) is 0.571. The van der Waals surface area contributed by atoms with Crippen LogP contribution in [0.5, 0.6) is 5.75 Å². The Morgan fingerprint density at radius 3 is 2.78 bits per heavy atom. The molecule has 1 aliphatic heterocycles. The molecule has 1 aliphatic rings. The minimum absolute atomic E-state index is 0.0912. The van der Waals surface area contributed by atoms with Gasteiger partial charge in [-0.25, -0.2) is 4.39 Å². The van der Waals surface area contributed by atoms with Gasteiger partial charge < -0.3 is 14.8 Å². The maximum atomic E-state index is 13.7. The van der Waals surface area contributed by atoms with Gasteiger partial charge in [-0.15, -0.1) is 0 Å². The third-order valence-electron chi connectivity index (χ3n) is 3.31. The first-order valence-corrected chi connectivity index (χ1v) is 6.31. The van der Waals surface area contributed by atoms with Gasteiger partial charge in [0, 0.05) is 13.1 Å². The normalized spacial score (nSPS) is 24.3. The van der Waals surface area contributed by atoms with Crippen LogP contribution in [0.15, 0.2) is 18.2 Å². The van der Waals surface area contributed by atoms with E-state index >= 15 is 0 Å². The van der Waals surface area contributed by atoms with Crippen molar-refractivity contribution in [3.63, 3.8) is 0 Å². The van der Waals surface area contributed by atoms with Crippen LogP contribution < -0.4 is 10.1 Å². The summed E-state index contributed by atoms with van der Waals surface area (Å²) in [5.74, 6) is 0.372. The molecular formula is C14H20FNO2. The lowest BCUT2D eigenvalue weighted by molar-refractivity contribution is -0.0604. The first kappa shape index (κ1) is 13.3. The number of methoxy groups -OCH3 is 1. The van der Waals surface area contributed by atoms with Gasteiger partial charge in [0.1, 0.15) is 0 Å². The molecule has 18 heavy (non-hydrogen) atoms. The Labute approximate surface area is 107 Å². The molecule has 2 rings (SSSR count). The second kappa shape index (κ2) is 5.67. The van der Waals surface area contributed by atoms with Gasteiger partial charge in [0.25, 0.3) is 0 Å². The van der Waals surface area contributed by atoms with Crippen molar-refractivity contribution in [2.24, 2.45) is 5.92 Å². The highest BCUT2D eigenvalue weighted by molar-refractivity contribution is 5.30. The van der Waals surface area contributed by atoms with Crippen LogP contribution >= 0.6 is 0 Å².